The number of likely N-dealkylation sites (N-methyl/N-ethyl adjacent to an activating group) is 1. The van der Waals surface area contributed by atoms with E-state index in [1.165, 1.54) is 18.2 Å². The van der Waals surface area contributed by atoms with Gasteiger partial charge in [0.05, 0.1) is 36.5 Å². The standard InChI is InChI=1S/C19H26F3N3O3/c1-4-24(12-18(27)25-9-13(2)28-14(3)10-25)11-17(26)23-16-8-6-5-7-15(16)19(20,21)22/h5-8,13-14H,4,9-12H2,1-3H3,(H,23,26). The number of hydrogen-bond donors (Lipinski definition) is 1. The summed E-state index contributed by atoms with van der Waals surface area (Å²) in [6, 6.07) is 4.81. The number of ether oxygens (including phenoxy) is 1. The average Bonchev–Trinajstić information content (AvgIpc) is 2.59. The van der Waals surface area contributed by atoms with Gasteiger partial charge < -0.3 is 15.0 Å². The number of alkyl halides is 3. The van der Waals surface area contributed by atoms with E-state index in [1.54, 1.807) is 16.7 Å². The molecule has 1 aromatic rings. The fraction of sp³-hybridized carbons (Fsp3) is 0.579. The molecule has 156 valence electrons. The minimum Gasteiger partial charge on any atom is -0.372 e. The minimum absolute atomic E-state index is 0.0181. The minimum atomic E-state index is -4.56. The molecule has 2 unspecified atom stereocenters. The fourth-order valence-electron chi connectivity index (χ4n) is 3.18. The second-order valence-electron chi connectivity index (χ2n) is 6.95. The quantitative estimate of drug-likeness (QED) is 0.796. The summed E-state index contributed by atoms with van der Waals surface area (Å²) in [6.45, 7) is 6.77. The third kappa shape index (κ3) is 6.20. The first kappa shape index (κ1) is 22.2. The molecule has 1 N–H and O–H groups in total. The molecule has 0 aromatic heterocycles. The first-order valence-corrected chi connectivity index (χ1v) is 9.21. The highest BCUT2D eigenvalue weighted by molar-refractivity contribution is 5.93. The van der Waals surface area contributed by atoms with Crippen LogP contribution in [0.4, 0.5) is 18.9 Å². The number of nitrogens with one attached hydrogen (secondary N) is 1. The Morgan fingerprint density at radius 1 is 1.18 bits per heavy atom. The topological polar surface area (TPSA) is 61.9 Å². The molecule has 9 heteroatoms. The van der Waals surface area contributed by atoms with E-state index in [-0.39, 0.29) is 36.9 Å². The lowest BCUT2D eigenvalue weighted by Gasteiger charge is -2.36. The van der Waals surface area contributed by atoms with Crippen molar-refractivity contribution in [2.45, 2.75) is 39.2 Å². The number of amides is 2. The maximum atomic E-state index is 13.0. The van der Waals surface area contributed by atoms with Gasteiger partial charge in [-0.1, -0.05) is 19.1 Å². The molecule has 1 fully saturated rings. The van der Waals surface area contributed by atoms with Crippen molar-refractivity contribution in [2.75, 3.05) is 38.0 Å². The number of carbonyl (C=O) groups excluding carboxylic acids is 2. The van der Waals surface area contributed by atoms with Crippen molar-refractivity contribution in [3.05, 3.63) is 29.8 Å². The third-order valence-corrected chi connectivity index (χ3v) is 4.45. The summed E-state index contributed by atoms with van der Waals surface area (Å²) in [4.78, 5) is 28.1. The van der Waals surface area contributed by atoms with E-state index in [1.807, 2.05) is 13.8 Å². The molecule has 1 aliphatic rings. The highest BCUT2D eigenvalue weighted by atomic mass is 19.4. The molecule has 2 rings (SSSR count). The van der Waals surface area contributed by atoms with Crippen LogP contribution in [0.15, 0.2) is 24.3 Å². The summed E-state index contributed by atoms with van der Waals surface area (Å²) in [5.74, 6) is -0.734. The number of anilines is 1. The van der Waals surface area contributed by atoms with Gasteiger partial charge in [-0.25, -0.2) is 0 Å². The van der Waals surface area contributed by atoms with Gasteiger partial charge in [0.25, 0.3) is 0 Å². The molecule has 6 nitrogen and oxygen atoms in total. The first-order chi connectivity index (χ1) is 13.1. The van der Waals surface area contributed by atoms with Gasteiger partial charge in [-0.3, -0.25) is 14.5 Å². The average molecular weight is 401 g/mol. The lowest BCUT2D eigenvalue weighted by molar-refractivity contribution is -0.144. The summed E-state index contributed by atoms with van der Waals surface area (Å²) in [5.41, 5.74) is -1.20. The number of nitrogens with zero attached hydrogens (tertiary/aromatic N) is 2. The number of benzene rings is 1. The van der Waals surface area contributed by atoms with Crippen molar-refractivity contribution in [1.29, 1.82) is 0 Å². The van der Waals surface area contributed by atoms with Crippen LogP contribution in [0.2, 0.25) is 0 Å². The zero-order chi connectivity index (χ0) is 20.9. The van der Waals surface area contributed by atoms with Gasteiger partial charge in [-0.15, -0.1) is 0 Å². The number of carbonyl (C=O) groups is 2. The van der Waals surface area contributed by atoms with Crippen LogP contribution < -0.4 is 5.32 Å². The van der Waals surface area contributed by atoms with Crippen molar-refractivity contribution in [2.24, 2.45) is 0 Å². The lowest BCUT2D eigenvalue weighted by atomic mass is 10.1. The number of para-hydroxylation sites is 1. The van der Waals surface area contributed by atoms with E-state index in [0.717, 1.165) is 6.07 Å². The first-order valence-electron chi connectivity index (χ1n) is 9.21. The monoisotopic (exact) mass is 401 g/mol. The largest absolute Gasteiger partial charge is 0.418 e. The molecule has 0 bridgehead atoms. The normalized spacial score (nSPS) is 20.3. The van der Waals surface area contributed by atoms with E-state index in [0.29, 0.717) is 19.6 Å². The summed E-state index contributed by atoms with van der Waals surface area (Å²) in [5, 5.41) is 2.30. The molecule has 1 heterocycles. The van der Waals surface area contributed by atoms with Gasteiger partial charge in [0.15, 0.2) is 0 Å². The van der Waals surface area contributed by atoms with Gasteiger partial charge >= 0.3 is 6.18 Å². The second-order valence-corrected chi connectivity index (χ2v) is 6.95. The summed E-state index contributed by atoms with van der Waals surface area (Å²) in [6.07, 6.45) is -4.69. The Labute approximate surface area is 162 Å². The van der Waals surface area contributed by atoms with Crippen molar-refractivity contribution in [1.82, 2.24) is 9.80 Å². The SMILES string of the molecule is CCN(CC(=O)Nc1ccccc1C(F)(F)F)CC(=O)N1CC(C)OC(C)C1. The smallest absolute Gasteiger partial charge is 0.372 e. The van der Waals surface area contributed by atoms with Crippen molar-refractivity contribution >= 4 is 17.5 Å². The Balaban J connectivity index is 1.96. The van der Waals surface area contributed by atoms with Crippen LogP contribution in [0.1, 0.15) is 26.3 Å². The predicted octanol–water partition coefficient (Wildman–Crippen LogP) is 2.60. The van der Waals surface area contributed by atoms with Crippen LogP contribution in [0.3, 0.4) is 0 Å². The van der Waals surface area contributed by atoms with E-state index >= 15 is 0 Å². The molecule has 2 amide bonds. The Morgan fingerprint density at radius 3 is 2.36 bits per heavy atom. The van der Waals surface area contributed by atoms with Crippen LogP contribution in [0, 0.1) is 0 Å². The molecule has 2 atom stereocenters. The van der Waals surface area contributed by atoms with Crippen molar-refractivity contribution < 1.29 is 27.5 Å². The zero-order valence-corrected chi connectivity index (χ0v) is 16.3. The van der Waals surface area contributed by atoms with Gasteiger partial charge in [0, 0.05) is 13.1 Å². The molecule has 0 aliphatic carbocycles. The lowest BCUT2D eigenvalue weighted by Crippen LogP contribution is -2.51. The van der Waals surface area contributed by atoms with E-state index in [4.69, 9.17) is 4.74 Å². The van der Waals surface area contributed by atoms with Crippen LogP contribution >= 0.6 is 0 Å². The Morgan fingerprint density at radius 2 is 1.79 bits per heavy atom. The van der Waals surface area contributed by atoms with Gasteiger partial charge in [0.2, 0.25) is 11.8 Å². The Hall–Kier alpha value is -2.13. The van der Waals surface area contributed by atoms with Crippen molar-refractivity contribution in [3.8, 4) is 0 Å². The number of morpholine rings is 1. The maximum absolute atomic E-state index is 13.0. The van der Waals surface area contributed by atoms with E-state index < -0.39 is 17.6 Å². The van der Waals surface area contributed by atoms with E-state index in [9.17, 15) is 22.8 Å². The zero-order valence-electron chi connectivity index (χ0n) is 16.3. The molecule has 0 saturated carbocycles. The summed E-state index contributed by atoms with van der Waals surface area (Å²) < 4.78 is 44.7. The summed E-state index contributed by atoms with van der Waals surface area (Å²) in [7, 11) is 0. The second kappa shape index (κ2) is 9.38. The van der Waals surface area contributed by atoms with Crippen LogP contribution in [-0.4, -0.2) is 66.5 Å². The van der Waals surface area contributed by atoms with Gasteiger partial charge in [-0.2, -0.15) is 13.2 Å². The van der Waals surface area contributed by atoms with Crippen LogP contribution in [-0.2, 0) is 20.5 Å². The van der Waals surface area contributed by atoms with Crippen LogP contribution in [0.5, 0.6) is 0 Å². The predicted molar refractivity (Wildman–Crippen MR) is 98.8 cm³/mol. The Bertz CT molecular complexity index is 686. The van der Waals surface area contributed by atoms with Crippen LogP contribution in [0.25, 0.3) is 0 Å². The molecule has 1 aromatic carbocycles. The molecular weight excluding hydrogens is 375 g/mol. The molecule has 28 heavy (non-hydrogen) atoms. The van der Waals surface area contributed by atoms with Crippen molar-refractivity contribution in [3.63, 3.8) is 0 Å². The number of halogens is 3. The maximum Gasteiger partial charge on any atom is 0.418 e. The number of rotatable bonds is 6. The van der Waals surface area contributed by atoms with Gasteiger partial charge in [0.1, 0.15) is 0 Å². The fourth-order valence-corrected chi connectivity index (χ4v) is 3.18. The van der Waals surface area contributed by atoms with Gasteiger partial charge in [-0.05, 0) is 32.5 Å². The molecule has 0 radical (unpaired) electrons. The molecule has 0 spiro atoms. The molecular formula is C19H26F3N3O3. The highest BCUT2D eigenvalue weighted by Gasteiger charge is 2.33. The summed E-state index contributed by atoms with van der Waals surface area (Å²) >= 11 is 0. The highest BCUT2D eigenvalue weighted by Crippen LogP contribution is 2.34. The molecule has 1 aliphatic heterocycles. The Kier molecular flexibility index (Phi) is 7.42. The molecule has 1 saturated heterocycles. The third-order valence-electron chi connectivity index (χ3n) is 4.45. The number of hydrogen-bond acceptors (Lipinski definition) is 4. The van der Waals surface area contributed by atoms with E-state index in [2.05, 4.69) is 5.32 Å².